The highest BCUT2D eigenvalue weighted by atomic mass is 19.1. The summed E-state index contributed by atoms with van der Waals surface area (Å²) < 4.78 is 24.1. The smallest absolute Gasteiger partial charge is 0.331 e. The van der Waals surface area contributed by atoms with Gasteiger partial charge in [-0.05, 0) is 31.2 Å². The van der Waals surface area contributed by atoms with Gasteiger partial charge in [0.2, 0.25) is 5.88 Å². The first-order valence-corrected chi connectivity index (χ1v) is 9.02. The topological polar surface area (TPSA) is 136 Å². The highest BCUT2D eigenvalue weighted by Crippen LogP contribution is 2.26. The molecule has 0 saturated carbocycles. The van der Waals surface area contributed by atoms with Crippen molar-refractivity contribution in [3.05, 3.63) is 66.0 Å². The lowest BCUT2D eigenvalue weighted by Gasteiger charge is -2.22. The zero-order chi connectivity index (χ0) is 22.4. The van der Waals surface area contributed by atoms with Crippen molar-refractivity contribution in [1.29, 1.82) is 0 Å². The molecular weight excluding hydrogens is 411 g/mol. The first-order chi connectivity index (χ1) is 14.8. The predicted octanol–water partition coefficient (Wildman–Crippen LogP) is 1.54. The summed E-state index contributed by atoms with van der Waals surface area (Å²) in [6.07, 6.45) is 4.07. The van der Waals surface area contributed by atoms with Crippen molar-refractivity contribution in [2.24, 2.45) is 0 Å². The van der Waals surface area contributed by atoms with E-state index in [1.54, 1.807) is 12.1 Å². The van der Waals surface area contributed by atoms with Crippen molar-refractivity contribution in [3.8, 4) is 22.9 Å². The van der Waals surface area contributed by atoms with Crippen molar-refractivity contribution >= 4 is 5.91 Å². The summed E-state index contributed by atoms with van der Waals surface area (Å²) >= 11 is 0. The summed E-state index contributed by atoms with van der Waals surface area (Å²) in [5, 5.41) is 20.1. The number of aliphatic hydroxyl groups is 2. The van der Waals surface area contributed by atoms with Crippen molar-refractivity contribution < 1.29 is 33.7 Å². The SMILES string of the molecule is CCOc1ccc(-c2cncc(C(=O)NOC(O)(O)c3cc(OC)ccc3F)n2)cn1. The second kappa shape index (κ2) is 9.43. The minimum atomic E-state index is -3.17. The third-order valence-corrected chi connectivity index (χ3v) is 4.00. The lowest BCUT2D eigenvalue weighted by molar-refractivity contribution is -0.368. The molecule has 0 saturated heterocycles. The number of nitrogens with one attached hydrogen (secondary N) is 1. The fraction of sp³-hybridized carbons (Fsp3) is 0.200. The number of ether oxygens (including phenoxy) is 2. The van der Waals surface area contributed by atoms with Crippen molar-refractivity contribution in [1.82, 2.24) is 20.4 Å². The lowest BCUT2D eigenvalue weighted by atomic mass is 10.1. The van der Waals surface area contributed by atoms with Crippen LogP contribution in [-0.2, 0) is 10.8 Å². The van der Waals surface area contributed by atoms with Crippen LogP contribution in [0.4, 0.5) is 4.39 Å². The van der Waals surface area contributed by atoms with Crippen LogP contribution in [0.25, 0.3) is 11.3 Å². The van der Waals surface area contributed by atoms with E-state index in [4.69, 9.17) is 9.47 Å². The quantitative estimate of drug-likeness (QED) is 0.359. The van der Waals surface area contributed by atoms with Crippen molar-refractivity contribution in [2.75, 3.05) is 13.7 Å². The highest BCUT2D eigenvalue weighted by molar-refractivity contribution is 5.91. The Morgan fingerprint density at radius 3 is 2.68 bits per heavy atom. The molecular formula is C20H19FN4O6. The number of benzene rings is 1. The van der Waals surface area contributed by atoms with Crippen LogP contribution in [0.1, 0.15) is 23.0 Å². The van der Waals surface area contributed by atoms with E-state index in [9.17, 15) is 19.4 Å². The maximum Gasteiger partial charge on any atom is 0.331 e. The Morgan fingerprint density at radius 1 is 1.19 bits per heavy atom. The summed E-state index contributed by atoms with van der Waals surface area (Å²) in [6.45, 7) is 2.31. The van der Waals surface area contributed by atoms with Gasteiger partial charge in [-0.1, -0.05) is 0 Å². The number of aromatic nitrogens is 3. The first kappa shape index (κ1) is 22.0. The van der Waals surface area contributed by atoms with Gasteiger partial charge in [-0.3, -0.25) is 9.78 Å². The molecule has 2 aromatic heterocycles. The van der Waals surface area contributed by atoms with E-state index in [0.717, 1.165) is 18.3 Å². The average molecular weight is 430 g/mol. The molecule has 1 aromatic carbocycles. The average Bonchev–Trinajstić information content (AvgIpc) is 2.78. The van der Waals surface area contributed by atoms with Gasteiger partial charge in [0.05, 0.1) is 37.4 Å². The maximum atomic E-state index is 14.0. The Labute approximate surface area is 176 Å². The Kier molecular flexibility index (Phi) is 6.70. The number of hydroxylamine groups is 1. The van der Waals surface area contributed by atoms with Crippen molar-refractivity contribution in [2.45, 2.75) is 12.9 Å². The van der Waals surface area contributed by atoms with E-state index in [-0.39, 0.29) is 11.4 Å². The fourth-order valence-corrected chi connectivity index (χ4v) is 2.49. The monoisotopic (exact) mass is 430 g/mol. The Hall–Kier alpha value is -3.67. The Bertz CT molecular complexity index is 1060. The number of pyridine rings is 1. The molecule has 3 rings (SSSR count). The van der Waals surface area contributed by atoms with Gasteiger partial charge in [-0.25, -0.2) is 24.7 Å². The van der Waals surface area contributed by atoms with Crippen LogP contribution in [0.15, 0.2) is 48.9 Å². The summed E-state index contributed by atoms with van der Waals surface area (Å²) in [5.74, 6) is -4.50. The van der Waals surface area contributed by atoms with Crippen LogP contribution in [0.2, 0.25) is 0 Å². The van der Waals surface area contributed by atoms with Crippen LogP contribution in [0, 0.1) is 5.82 Å². The van der Waals surface area contributed by atoms with E-state index in [1.807, 2.05) is 12.4 Å². The van der Waals surface area contributed by atoms with Gasteiger partial charge in [0.25, 0.3) is 5.91 Å². The number of rotatable bonds is 8. The van der Waals surface area contributed by atoms with Crippen LogP contribution in [0.5, 0.6) is 11.6 Å². The molecule has 0 fully saturated rings. The summed E-state index contributed by atoms with van der Waals surface area (Å²) in [7, 11) is 1.32. The molecule has 0 spiro atoms. The first-order valence-electron chi connectivity index (χ1n) is 9.02. The van der Waals surface area contributed by atoms with Gasteiger partial charge in [0.15, 0.2) is 0 Å². The molecule has 162 valence electrons. The molecule has 0 atom stereocenters. The summed E-state index contributed by atoms with van der Waals surface area (Å²) in [4.78, 5) is 29.2. The number of carbonyl (C=O) groups excluding carboxylic acids is 1. The second-order valence-electron chi connectivity index (χ2n) is 6.09. The molecule has 3 N–H and O–H groups in total. The van der Waals surface area contributed by atoms with Crippen LogP contribution in [-0.4, -0.2) is 44.8 Å². The molecule has 1 amide bonds. The molecule has 31 heavy (non-hydrogen) atoms. The minimum Gasteiger partial charge on any atom is -0.497 e. The zero-order valence-corrected chi connectivity index (χ0v) is 16.6. The molecule has 0 unspecified atom stereocenters. The number of carbonyl (C=O) groups is 1. The van der Waals surface area contributed by atoms with Crippen molar-refractivity contribution in [3.63, 3.8) is 0 Å². The molecule has 3 aromatic rings. The summed E-state index contributed by atoms with van der Waals surface area (Å²) in [5.41, 5.74) is 1.88. The van der Waals surface area contributed by atoms with Crippen LogP contribution < -0.4 is 15.0 Å². The normalized spacial score (nSPS) is 11.1. The van der Waals surface area contributed by atoms with Gasteiger partial charge in [0, 0.05) is 17.8 Å². The number of hydrogen-bond acceptors (Lipinski definition) is 9. The maximum absolute atomic E-state index is 14.0. The van der Waals surface area contributed by atoms with Gasteiger partial charge in [-0.15, -0.1) is 0 Å². The number of methoxy groups -OCH3 is 1. The van der Waals surface area contributed by atoms with E-state index >= 15 is 0 Å². The lowest BCUT2D eigenvalue weighted by Crippen LogP contribution is -2.39. The molecule has 2 heterocycles. The number of hydrogen-bond donors (Lipinski definition) is 3. The zero-order valence-electron chi connectivity index (χ0n) is 16.6. The van der Waals surface area contributed by atoms with E-state index in [1.165, 1.54) is 25.6 Å². The van der Waals surface area contributed by atoms with E-state index in [2.05, 4.69) is 19.8 Å². The minimum absolute atomic E-state index is 0.154. The standard InChI is InChI=1S/C20H19FN4O6/c1-3-30-18-7-4-12(9-23-18)16-10-22-11-17(24-16)19(26)25-31-20(27,28)14-8-13(29-2)5-6-15(14)21/h4-11,27-28H,3H2,1-2H3,(H,25,26). The largest absolute Gasteiger partial charge is 0.497 e. The van der Waals surface area contributed by atoms with E-state index in [0.29, 0.717) is 23.7 Å². The fourth-order valence-electron chi connectivity index (χ4n) is 2.49. The van der Waals surface area contributed by atoms with Crippen LogP contribution >= 0.6 is 0 Å². The second-order valence-corrected chi connectivity index (χ2v) is 6.09. The van der Waals surface area contributed by atoms with E-state index < -0.39 is 23.3 Å². The molecule has 0 radical (unpaired) electrons. The summed E-state index contributed by atoms with van der Waals surface area (Å²) in [6, 6.07) is 6.59. The Balaban J connectivity index is 1.73. The number of halogens is 1. The van der Waals surface area contributed by atoms with Gasteiger partial charge >= 0.3 is 5.97 Å². The van der Waals surface area contributed by atoms with Gasteiger partial charge in [0.1, 0.15) is 17.3 Å². The third-order valence-electron chi connectivity index (χ3n) is 4.00. The highest BCUT2D eigenvalue weighted by Gasteiger charge is 2.33. The third kappa shape index (κ3) is 5.28. The molecule has 11 heteroatoms. The number of amides is 1. The molecule has 10 nitrogen and oxygen atoms in total. The number of nitrogens with zero attached hydrogens (tertiary/aromatic N) is 3. The molecule has 0 bridgehead atoms. The predicted molar refractivity (Wildman–Crippen MR) is 104 cm³/mol. The Morgan fingerprint density at radius 2 is 2.00 bits per heavy atom. The molecule has 0 aliphatic rings. The molecule has 0 aliphatic heterocycles. The van der Waals surface area contributed by atoms with Crippen LogP contribution in [0.3, 0.4) is 0 Å². The van der Waals surface area contributed by atoms with Gasteiger partial charge < -0.3 is 19.7 Å². The molecule has 0 aliphatic carbocycles. The van der Waals surface area contributed by atoms with Gasteiger partial charge in [-0.2, -0.15) is 0 Å².